The third-order valence-electron chi connectivity index (χ3n) is 2.42. The summed E-state index contributed by atoms with van der Waals surface area (Å²) >= 11 is 3.31. The maximum absolute atomic E-state index is 12.1. The lowest BCUT2D eigenvalue weighted by atomic mass is 10.1. The van der Waals surface area contributed by atoms with E-state index in [0.717, 1.165) is 4.47 Å². The SMILES string of the molecule is CC(C)(C)N(CC(=O)O)C(=O)Nc1cccc(Br)c1. The molecule has 0 unspecified atom stereocenters. The molecule has 0 heterocycles. The van der Waals surface area contributed by atoms with Crippen LogP contribution in [0.1, 0.15) is 20.8 Å². The van der Waals surface area contributed by atoms with Crippen molar-refractivity contribution in [3.63, 3.8) is 0 Å². The molecule has 5 nitrogen and oxygen atoms in total. The zero-order valence-electron chi connectivity index (χ0n) is 11.1. The summed E-state index contributed by atoms with van der Waals surface area (Å²) in [7, 11) is 0. The number of carboxylic acids is 1. The minimum absolute atomic E-state index is 0.344. The van der Waals surface area contributed by atoms with Gasteiger partial charge in [-0.2, -0.15) is 0 Å². The van der Waals surface area contributed by atoms with Gasteiger partial charge in [0.2, 0.25) is 0 Å². The third kappa shape index (κ3) is 4.90. The lowest BCUT2D eigenvalue weighted by molar-refractivity contribution is -0.138. The van der Waals surface area contributed by atoms with E-state index in [1.165, 1.54) is 4.90 Å². The first kappa shape index (κ1) is 15.5. The number of anilines is 1. The first-order valence-corrected chi connectivity index (χ1v) is 6.55. The third-order valence-corrected chi connectivity index (χ3v) is 2.92. The highest BCUT2D eigenvalue weighted by Crippen LogP contribution is 2.18. The van der Waals surface area contributed by atoms with Crippen LogP contribution in [-0.4, -0.2) is 34.1 Å². The largest absolute Gasteiger partial charge is 0.480 e. The number of amides is 2. The fraction of sp³-hybridized carbons (Fsp3) is 0.385. The first-order chi connectivity index (χ1) is 8.70. The molecule has 0 aliphatic heterocycles. The zero-order valence-corrected chi connectivity index (χ0v) is 12.7. The van der Waals surface area contributed by atoms with Gasteiger partial charge in [-0.05, 0) is 39.0 Å². The maximum Gasteiger partial charge on any atom is 0.323 e. The Balaban J connectivity index is 2.86. The number of hydrogen-bond donors (Lipinski definition) is 2. The summed E-state index contributed by atoms with van der Waals surface area (Å²) in [6.45, 7) is 5.02. The summed E-state index contributed by atoms with van der Waals surface area (Å²) in [5, 5.41) is 11.6. The molecular formula is C13H17BrN2O3. The van der Waals surface area contributed by atoms with Crippen LogP contribution >= 0.6 is 15.9 Å². The quantitative estimate of drug-likeness (QED) is 0.895. The van der Waals surface area contributed by atoms with Crippen molar-refractivity contribution in [3.8, 4) is 0 Å². The van der Waals surface area contributed by atoms with Crippen molar-refractivity contribution < 1.29 is 14.7 Å². The van der Waals surface area contributed by atoms with Gasteiger partial charge in [-0.15, -0.1) is 0 Å². The molecule has 0 saturated carbocycles. The second-order valence-corrected chi connectivity index (χ2v) is 6.01. The second kappa shape index (κ2) is 6.06. The number of benzene rings is 1. The monoisotopic (exact) mass is 328 g/mol. The van der Waals surface area contributed by atoms with Gasteiger partial charge in [0, 0.05) is 15.7 Å². The molecule has 1 aromatic rings. The van der Waals surface area contributed by atoms with E-state index < -0.39 is 17.5 Å². The molecule has 0 radical (unpaired) electrons. The molecule has 0 aliphatic rings. The Hall–Kier alpha value is -1.56. The fourth-order valence-corrected chi connectivity index (χ4v) is 1.91. The van der Waals surface area contributed by atoms with Gasteiger partial charge in [0.25, 0.3) is 0 Å². The Morgan fingerprint density at radius 2 is 2.00 bits per heavy atom. The molecule has 2 amide bonds. The highest BCUT2D eigenvalue weighted by molar-refractivity contribution is 9.10. The van der Waals surface area contributed by atoms with Crippen molar-refractivity contribution in [1.29, 1.82) is 0 Å². The average molecular weight is 329 g/mol. The molecular weight excluding hydrogens is 312 g/mol. The summed E-state index contributed by atoms with van der Waals surface area (Å²) < 4.78 is 0.839. The van der Waals surface area contributed by atoms with E-state index in [1.54, 1.807) is 39.0 Å². The van der Waals surface area contributed by atoms with Crippen LogP contribution in [0.25, 0.3) is 0 Å². The first-order valence-electron chi connectivity index (χ1n) is 5.76. The van der Waals surface area contributed by atoms with E-state index in [1.807, 2.05) is 6.07 Å². The molecule has 0 bridgehead atoms. The molecule has 0 fully saturated rings. The van der Waals surface area contributed by atoms with Gasteiger partial charge in [0.1, 0.15) is 6.54 Å². The standard InChI is InChI=1S/C13H17BrN2O3/c1-13(2,3)16(8-11(17)18)12(19)15-10-6-4-5-9(14)7-10/h4-7H,8H2,1-3H3,(H,15,19)(H,17,18). The highest BCUT2D eigenvalue weighted by Gasteiger charge is 2.28. The molecule has 0 atom stereocenters. The number of rotatable bonds is 3. The predicted molar refractivity (Wildman–Crippen MR) is 77.3 cm³/mol. The van der Waals surface area contributed by atoms with Crippen LogP contribution in [0.5, 0.6) is 0 Å². The molecule has 1 aromatic carbocycles. The zero-order chi connectivity index (χ0) is 14.6. The van der Waals surface area contributed by atoms with Gasteiger partial charge in [0.05, 0.1) is 0 Å². The van der Waals surface area contributed by atoms with E-state index in [-0.39, 0.29) is 6.54 Å². The number of urea groups is 1. The number of aliphatic carboxylic acids is 1. The van der Waals surface area contributed by atoms with Crippen molar-refractivity contribution in [2.75, 3.05) is 11.9 Å². The number of carbonyl (C=O) groups is 2. The van der Waals surface area contributed by atoms with Crippen LogP contribution in [0, 0.1) is 0 Å². The van der Waals surface area contributed by atoms with E-state index >= 15 is 0 Å². The Labute approximate surface area is 120 Å². The number of hydrogen-bond acceptors (Lipinski definition) is 2. The lowest BCUT2D eigenvalue weighted by Gasteiger charge is -2.34. The van der Waals surface area contributed by atoms with Crippen LogP contribution in [0.3, 0.4) is 0 Å². The summed E-state index contributed by atoms with van der Waals surface area (Å²) in [4.78, 5) is 24.3. The molecule has 19 heavy (non-hydrogen) atoms. The van der Waals surface area contributed by atoms with Gasteiger partial charge in [-0.25, -0.2) is 4.79 Å². The second-order valence-electron chi connectivity index (χ2n) is 5.09. The summed E-state index contributed by atoms with van der Waals surface area (Å²) in [5.41, 5.74) is 0.0353. The van der Waals surface area contributed by atoms with Crippen molar-refractivity contribution >= 4 is 33.6 Å². The van der Waals surface area contributed by atoms with E-state index in [0.29, 0.717) is 5.69 Å². The van der Waals surface area contributed by atoms with Crippen LogP contribution in [0.15, 0.2) is 28.7 Å². The summed E-state index contributed by atoms with van der Waals surface area (Å²) in [6, 6.07) is 6.68. The van der Waals surface area contributed by atoms with E-state index in [2.05, 4.69) is 21.2 Å². The molecule has 6 heteroatoms. The van der Waals surface area contributed by atoms with Crippen LogP contribution in [-0.2, 0) is 4.79 Å². The van der Waals surface area contributed by atoms with Crippen molar-refractivity contribution in [2.24, 2.45) is 0 Å². The van der Waals surface area contributed by atoms with Crippen molar-refractivity contribution in [2.45, 2.75) is 26.3 Å². The summed E-state index contributed by atoms with van der Waals surface area (Å²) in [6.07, 6.45) is 0. The van der Waals surface area contributed by atoms with E-state index in [4.69, 9.17) is 5.11 Å². The summed E-state index contributed by atoms with van der Waals surface area (Å²) in [5.74, 6) is -1.04. The Bertz CT molecular complexity index is 483. The molecule has 0 spiro atoms. The molecule has 0 saturated heterocycles. The maximum atomic E-state index is 12.1. The normalized spacial score (nSPS) is 10.9. The predicted octanol–water partition coefficient (Wildman–Crippen LogP) is 3.17. The minimum Gasteiger partial charge on any atom is -0.480 e. The molecule has 2 N–H and O–H groups in total. The van der Waals surface area contributed by atoms with Gasteiger partial charge < -0.3 is 15.3 Å². The van der Waals surface area contributed by atoms with Gasteiger partial charge >= 0.3 is 12.0 Å². The van der Waals surface area contributed by atoms with Crippen LogP contribution < -0.4 is 5.32 Å². The van der Waals surface area contributed by atoms with Gasteiger partial charge in [0.15, 0.2) is 0 Å². The number of nitrogens with one attached hydrogen (secondary N) is 1. The molecule has 0 aromatic heterocycles. The topological polar surface area (TPSA) is 69.6 Å². The Morgan fingerprint density at radius 1 is 1.37 bits per heavy atom. The molecule has 1 rings (SSSR count). The average Bonchev–Trinajstić information content (AvgIpc) is 2.24. The Morgan fingerprint density at radius 3 is 2.47 bits per heavy atom. The Kier molecular flexibility index (Phi) is 4.94. The van der Waals surface area contributed by atoms with Gasteiger partial charge in [-0.3, -0.25) is 4.79 Å². The van der Waals surface area contributed by atoms with Gasteiger partial charge in [-0.1, -0.05) is 22.0 Å². The van der Waals surface area contributed by atoms with E-state index in [9.17, 15) is 9.59 Å². The molecule has 104 valence electrons. The van der Waals surface area contributed by atoms with Crippen LogP contribution in [0.4, 0.5) is 10.5 Å². The number of nitrogens with zero attached hydrogens (tertiary/aromatic N) is 1. The minimum atomic E-state index is -1.04. The number of halogens is 1. The van der Waals surface area contributed by atoms with Crippen molar-refractivity contribution in [1.82, 2.24) is 4.90 Å². The lowest BCUT2D eigenvalue weighted by Crippen LogP contribution is -2.50. The smallest absolute Gasteiger partial charge is 0.323 e. The number of carboxylic acid groups (broad SMARTS) is 1. The number of carbonyl (C=O) groups excluding carboxylic acids is 1. The van der Waals surface area contributed by atoms with Crippen LogP contribution in [0.2, 0.25) is 0 Å². The highest BCUT2D eigenvalue weighted by atomic mass is 79.9. The fourth-order valence-electron chi connectivity index (χ4n) is 1.51. The molecule has 0 aliphatic carbocycles. The van der Waals surface area contributed by atoms with Crippen molar-refractivity contribution in [3.05, 3.63) is 28.7 Å².